The molecule has 1 aliphatic carbocycles. The molecule has 0 aromatic rings. The summed E-state index contributed by atoms with van der Waals surface area (Å²) < 4.78 is 0. The molecule has 1 rings (SSSR count). The van der Waals surface area contributed by atoms with Gasteiger partial charge < -0.3 is 5.32 Å². The highest BCUT2D eigenvalue weighted by Gasteiger charge is 2.23. The number of hydrogen-bond acceptors (Lipinski definition) is 2. The number of nitrogens with one attached hydrogen (secondary N) is 1. The number of thioether (sulfide) groups is 1. The zero-order valence-corrected chi connectivity index (χ0v) is 10.3. The Kier molecular flexibility index (Phi) is 5.64. The van der Waals surface area contributed by atoms with Crippen molar-refractivity contribution in [1.82, 2.24) is 5.32 Å². The van der Waals surface area contributed by atoms with Crippen LogP contribution in [-0.4, -0.2) is 24.1 Å². The van der Waals surface area contributed by atoms with Gasteiger partial charge in [-0.3, -0.25) is 0 Å². The van der Waals surface area contributed by atoms with Crippen molar-refractivity contribution in [3.8, 4) is 0 Å². The Hall–Kier alpha value is 0.0500. The Morgan fingerprint density at radius 2 is 2.14 bits per heavy atom. The van der Waals surface area contributed by atoms with Gasteiger partial charge in [0.2, 0.25) is 0 Å². The lowest BCUT2D eigenvalue weighted by atomic mass is 9.95. The summed E-state index contributed by atoms with van der Waals surface area (Å²) >= 11 is 2.03. The van der Waals surface area contributed by atoms with E-state index in [1.54, 1.807) is 0 Å². The van der Waals surface area contributed by atoms with Gasteiger partial charge in [0.05, 0.1) is 0 Å². The van der Waals surface area contributed by atoms with Gasteiger partial charge in [-0.2, -0.15) is 11.8 Å². The van der Waals surface area contributed by atoms with Crippen LogP contribution in [0, 0.1) is 0 Å². The summed E-state index contributed by atoms with van der Waals surface area (Å²) in [7, 11) is 0. The highest BCUT2D eigenvalue weighted by Crippen LogP contribution is 2.27. The Morgan fingerprint density at radius 1 is 1.43 bits per heavy atom. The topological polar surface area (TPSA) is 12.0 Å². The summed E-state index contributed by atoms with van der Waals surface area (Å²) in [6, 6.07) is 0.748. The molecule has 2 atom stereocenters. The molecule has 2 heteroatoms. The van der Waals surface area contributed by atoms with E-state index in [2.05, 4.69) is 25.1 Å². The summed E-state index contributed by atoms with van der Waals surface area (Å²) in [5, 5.41) is 4.51. The van der Waals surface area contributed by atoms with Gasteiger partial charge in [-0.1, -0.05) is 18.4 Å². The first-order valence-corrected chi connectivity index (χ1v) is 6.93. The Balaban J connectivity index is 2.22. The standard InChI is InChI=1S/C12H23NS/c1-10(2)8-9-13-11-6-4-5-7-12(11)14-3/h11-13H,1,4-9H2,2-3H3. The fraction of sp³-hybridized carbons (Fsp3) is 0.833. The second-order valence-electron chi connectivity index (χ2n) is 4.33. The molecule has 0 amide bonds. The smallest absolute Gasteiger partial charge is 0.0198 e. The zero-order valence-electron chi connectivity index (χ0n) is 9.51. The highest BCUT2D eigenvalue weighted by atomic mass is 32.2. The van der Waals surface area contributed by atoms with E-state index in [9.17, 15) is 0 Å². The molecule has 1 fully saturated rings. The first kappa shape index (κ1) is 12.1. The van der Waals surface area contributed by atoms with E-state index in [0.717, 1.165) is 24.3 Å². The van der Waals surface area contributed by atoms with Crippen molar-refractivity contribution in [2.24, 2.45) is 0 Å². The maximum absolute atomic E-state index is 3.93. The molecule has 1 nitrogen and oxygen atoms in total. The van der Waals surface area contributed by atoms with Crippen molar-refractivity contribution in [1.29, 1.82) is 0 Å². The molecular formula is C12H23NS. The first-order chi connectivity index (χ1) is 6.74. The minimum atomic E-state index is 0.748. The van der Waals surface area contributed by atoms with Gasteiger partial charge in [0.25, 0.3) is 0 Å². The molecule has 0 radical (unpaired) electrons. The van der Waals surface area contributed by atoms with Crippen LogP contribution in [0.1, 0.15) is 39.0 Å². The Bertz CT molecular complexity index is 179. The lowest BCUT2D eigenvalue weighted by Crippen LogP contribution is -2.40. The monoisotopic (exact) mass is 213 g/mol. The first-order valence-electron chi connectivity index (χ1n) is 5.64. The number of rotatable bonds is 5. The minimum absolute atomic E-state index is 0.748. The van der Waals surface area contributed by atoms with Crippen molar-refractivity contribution in [2.45, 2.75) is 50.3 Å². The summed E-state index contributed by atoms with van der Waals surface area (Å²) in [4.78, 5) is 0. The molecule has 1 N–H and O–H groups in total. The van der Waals surface area contributed by atoms with Crippen LogP contribution < -0.4 is 5.32 Å². The third-order valence-electron chi connectivity index (χ3n) is 2.96. The Labute approximate surface area is 92.7 Å². The molecule has 0 spiro atoms. The largest absolute Gasteiger partial charge is 0.313 e. The third kappa shape index (κ3) is 4.05. The summed E-state index contributed by atoms with van der Waals surface area (Å²) in [5.41, 5.74) is 1.29. The van der Waals surface area contributed by atoms with E-state index in [0.29, 0.717) is 0 Å². The summed E-state index contributed by atoms with van der Waals surface area (Å²) in [6.45, 7) is 7.15. The lowest BCUT2D eigenvalue weighted by Gasteiger charge is -2.31. The Morgan fingerprint density at radius 3 is 2.79 bits per heavy atom. The SMILES string of the molecule is C=C(C)CCNC1CCCCC1SC. The molecule has 1 aliphatic rings. The van der Waals surface area contributed by atoms with Gasteiger partial charge in [0, 0.05) is 11.3 Å². The maximum Gasteiger partial charge on any atom is 0.0198 e. The quantitative estimate of drug-likeness (QED) is 0.704. The van der Waals surface area contributed by atoms with E-state index in [1.165, 1.54) is 31.3 Å². The molecule has 82 valence electrons. The van der Waals surface area contributed by atoms with Crippen molar-refractivity contribution >= 4 is 11.8 Å². The van der Waals surface area contributed by atoms with Crippen LogP contribution in [0.2, 0.25) is 0 Å². The molecule has 0 aromatic heterocycles. The summed E-state index contributed by atoms with van der Waals surface area (Å²) in [5.74, 6) is 0. The van der Waals surface area contributed by atoms with Crippen LogP contribution in [0.4, 0.5) is 0 Å². The van der Waals surface area contributed by atoms with Crippen LogP contribution in [-0.2, 0) is 0 Å². The van der Waals surface area contributed by atoms with Crippen molar-refractivity contribution < 1.29 is 0 Å². The zero-order chi connectivity index (χ0) is 10.4. The van der Waals surface area contributed by atoms with Gasteiger partial charge in [-0.25, -0.2) is 0 Å². The molecule has 2 unspecified atom stereocenters. The molecule has 0 bridgehead atoms. The van der Waals surface area contributed by atoms with Gasteiger partial charge in [-0.05, 0) is 39.0 Å². The van der Waals surface area contributed by atoms with Gasteiger partial charge in [-0.15, -0.1) is 6.58 Å². The van der Waals surface area contributed by atoms with E-state index in [4.69, 9.17) is 0 Å². The van der Waals surface area contributed by atoms with E-state index >= 15 is 0 Å². The van der Waals surface area contributed by atoms with E-state index in [-0.39, 0.29) is 0 Å². The lowest BCUT2D eigenvalue weighted by molar-refractivity contribution is 0.386. The van der Waals surface area contributed by atoms with Crippen LogP contribution in [0.5, 0.6) is 0 Å². The van der Waals surface area contributed by atoms with Crippen LogP contribution in [0.3, 0.4) is 0 Å². The fourth-order valence-electron chi connectivity index (χ4n) is 2.08. The van der Waals surface area contributed by atoms with Crippen LogP contribution in [0.15, 0.2) is 12.2 Å². The molecule has 1 saturated carbocycles. The third-order valence-corrected chi connectivity index (χ3v) is 4.13. The van der Waals surface area contributed by atoms with Gasteiger partial charge >= 0.3 is 0 Å². The van der Waals surface area contributed by atoms with E-state index < -0.39 is 0 Å². The molecule has 0 saturated heterocycles. The predicted molar refractivity (Wildman–Crippen MR) is 67.0 cm³/mol. The summed E-state index contributed by atoms with van der Waals surface area (Å²) in [6.07, 6.45) is 8.95. The van der Waals surface area contributed by atoms with Gasteiger partial charge in [0.1, 0.15) is 0 Å². The van der Waals surface area contributed by atoms with Gasteiger partial charge in [0.15, 0.2) is 0 Å². The maximum atomic E-state index is 3.93. The predicted octanol–water partition coefficient (Wildman–Crippen LogP) is 3.22. The van der Waals surface area contributed by atoms with Crippen molar-refractivity contribution in [3.63, 3.8) is 0 Å². The minimum Gasteiger partial charge on any atom is -0.313 e. The molecule has 0 heterocycles. The second kappa shape index (κ2) is 6.52. The number of hydrogen-bond donors (Lipinski definition) is 1. The van der Waals surface area contributed by atoms with Crippen LogP contribution >= 0.6 is 11.8 Å². The average molecular weight is 213 g/mol. The van der Waals surface area contributed by atoms with Crippen molar-refractivity contribution in [3.05, 3.63) is 12.2 Å². The van der Waals surface area contributed by atoms with Crippen LogP contribution in [0.25, 0.3) is 0 Å². The molecule has 0 aromatic carbocycles. The molecule has 0 aliphatic heterocycles. The molecule has 14 heavy (non-hydrogen) atoms. The van der Waals surface area contributed by atoms with E-state index in [1.807, 2.05) is 11.8 Å². The fourth-order valence-corrected chi connectivity index (χ4v) is 3.05. The van der Waals surface area contributed by atoms with Crippen molar-refractivity contribution in [2.75, 3.05) is 12.8 Å². The normalized spacial score (nSPS) is 27.6. The average Bonchev–Trinajstić information content (AvgIpc) is 2.18. The second-order valence-corrected chi connectivity index (χ2v) is 5.40. The highest BCUT2D eigenvalue weighted by molar-refractivity contribution is 7.99. The molecular weight excluding hydrogens is 190 g/mol.